The topological polar surface area (TPSA) is 126 Å². The Kier molecular flexibility index (Phi) is 5.33. The number of aliphatic carboxylic acids is 1. The lowest BCUT2D eigenvalue weighted by molar-refractivity contribution is -0.297. The molecular weight excluding hydrogens is 296 g/mol. The Bertz CT molecular complexity index is 519. The molecular formula is C14H18O8. The Morgan fingerprint density at radius 1 is 1.23 bits per heavy atom. The fourth-order valence-corrected chi connectivity index (χ4v) is 2.13. The van der Waals surface area contributed by atoms with Gasteiger partial charge in [-0.3, -0.25) is 0 Å². The first-order valence-corrected chi connectivity index (χ1v) is 6.61. The summed E-state index contributed by atoms with van der Waals surface area (Å²) in [6.45, 7) is 0.00802. The monoisotopic (exact) mass is 314 g/mol. The zero-order valence-electron chi connectivity index (χ0n) is 11.8. The highest BCUT2D eigenvalue weighted by molar-refractivity contribution is 5.73. The summed E-state index contributed by atoms with van der Waals surface area (Å²) < 4.78 is 15.4. The van der Waals surface area contributed by atoms with Crippen LogP contribution in [0.4, 0.5) is 0 Å². The van der Waals surface area contributed by atoms with E-state index in [4.69, 9.17) is 19.3 Å². The minimum Gasteiger partial charge on any atom is -0.497 e. The molecule has 1 aromatic rings. The molecule has 0 unspecified atom stereocenters. The molecule has 2 rings (SSSR count). The number of carboxylic acid groups (broad SMARTS) is 1. The number of methoxy groups -OCH3 is 1. The molecule has 4 N–H and O–H groups in total. The van der Waals surface area contributed by atoms with Gasteiger partial charge in [-0.05, 0) is 17.7 Å². The van der Waals surface area contributed by atoms with Crippen LogP contribution in [0, 0.1) is 0 Å². The van der Waals surface area contributed by atoms with Gasteiger partial charge in [-0.2, -0.15) is 0 Å². The lowest BCUT2D eigenvalue weighted by Gasteiger charge is -2.38. The molecule has 0 radical (unpaired) electrons. The second-order valence-electron chi connectivity index (χ2n) is 4.90. The number of hydrogen-bond acceptors (Lipinski definition) is 7. The van der Waals surface area contributed by atoms with Crippen molar-refractivity contribution in [2.24, 2.45) is 0 Å². The van der Waals surface area contributed by atoms with Gasteiger partial charge in [0.1, 0.15) is 24.1 Å². The van der Waals surface area contributed by atoms with Crippen LogP contribution in [0.2, 0.25) is 0 Å². The van der Waals surface area contributed by atoms with E-state index >= 15 is 0 Å². The number of aliphatic hydroxyl groups is 3. The van der Waals surface area contributed by atoms with E-state index < -0.39 is 36.7 Å². The van der Waals surface area contributed by atoms with Crippen LogP contribution in [0.15, 0.2) is 24.3 Å². The molecule has 122 valence electrons. The van der Waals surface area contributed by atoms with E-state index in [1.807, 2.05) is 0 Å². The van der Waals surface area contributed by atoms with E-state index in [2.05, 4.69) is 0 Å². The molecule has 0 aromatic heterocycles. The lowest BCUT2D eigenvalue weighted by atomic mass is 9.99. The van der Waals surface area contributed by atoms with Gasteiger partial charge in [-0.25, -0.2) is 4.79 Å². The fourth-order valence-electron chi connectivity index (χ4n) is 2.13. The number of carboxylic acids is 1. The van der Waals surface area contributed by atoms with Crippen molar-refractivity contribution >= 4 is 5.97 Å². The summed E-state index contributed by atoms with van der Waals surface area (Å²) >= 11 is 0. The molecule has 1 aliphatic rings. The van der Waals surface area contributed by atoms with Crippen molar-refractivity contribution in [3.05, 3.63) is 29.8 Å². The van der Waals surface area contributed by atoms with E-state index in [-0.39, 0.29) is 6.61 Å². The minimum atomic E-state index is -1.73. The van der Waals surface area contributed by atoms with Crippen LogP contribution in [-0.2, 0) is 20.9 Å². The first kappa shape index (κ1) is 16.7. The molecule has 1 fully saturated rings. The zero-order valence-corrected chi connectivity index (χ0v) is 11.8. The average molecular weight is 314 g/mol. The Morgan fingerprint density at radius 3 is 2.59 bits per heavy atom. The van der Waals surface area contributed by atoms with Gasteiger partial charge in [-0.1, -0.05) is 12.1 Å². The molecule has 0 aliphatic carbocycles. The number of rotatable bonds is 5. The smallest absolute Gasteiger partial charge is 0.335 e. The van der Waals surface area contributed by atoms with Gasteiger partial charge in [-0.15, -0.1) is 0 Å². The molecule has 0 spiro atoms. The molecule has 1 aromatic carbocycles. The summed E-state index contributed by atoms with van der Waals surface area (Å²) in [6, 6.07) is 6.94. The number of hydrogen-bond donors (Lipinski definition) is 4. The third-order valence-corrected chi connectivity index (χ3v) is 3.36. The fraction of sp³-hybridized carbons (Fsp3) is 0.500. The SMILES string of the molecule is COc1cccc(CO[C@@H]2O[C@H](C(=O)O)[C@@H](O)[C@H](O)[C@H]2O)c1. The van der Waals surface area contributed by atoms with Crippen molar-refractivity contribution in [1.82, 2.24) is 0 Å². The molecule has 1 aliphatic heterocycles. The Hall–Kier alpha value is -1.71. The van der Waals surface area contributed by atoms with Crippen LogP contribution in [0.5, 0.6) is 5.75 Å². The van der Waals surface area contributed by atoms with Crippen LogP contribution in [0.3, 0.4) is 0 Å². The number of aliphatic hydroxyl groups excluding tert-OH is 3. The summed E-state index contributed by atoms with van der Waals surface area (Å²) in [5, 5.41) is 38.0. The summed E-state index contributed by atoms with van der Waals surface area (Å²) in [4.78, 5) is 11.0. The van der Waals surface area contributed by atoms with Crippen LogP contribution in [-0.4, -0.2) is 64.2 Å². The summed E-state index contributed by atoms with van der Waals surface area (Å²) in [6.07, 6.45) is -8.01. The molecule has 22 heavy (non-hydrogen) atoms. The second kappa shape index (κ2) is 7.03. The first-order valence-electron chi connectivity index (χ1n) is 6.61. The summed E-state index contributed by atoms with van der Waals surface area (Å²) in [5.74, 6) is -0.835. The van der Waals surface area contributed by atoms with Gasteiger partial charge in [0.2, 0.25) is 0 Å². The number of benzene rings is 1. The van der Waals surface area contributed by atoms with E-state index in [0.717, 1.165) is 0 Å². The Labute approximate surface area is 126 Å². The van der Waals surface area contributed by atoms with Crippen molar-refractivity contribution in [2.75, 3.05) is 7.11 Å². The Morgan fingerprint density at radius 2 is 1.95 bits per heavy atom. The molecule has 0 bridgehead atoms. The Balaban J connectivity index is 2.02. The maximum absolute atomic E-state index is 11.0. The van der Waals surface area contributed by atoms with Crippen molar-refractivity contribution in [1.29, 1.82) is 0 Å². The van der Waals surface area contributed by atoms with Crippen molar-refractivity contribution in [3.63, 3.8) is 0 Å². The van der Waals surface area contributed by atoms with Gasteiger partial charge in [0.15, 0.2) is 12.4 Å². The van der Waals surface area contributed by atoms with E-state index in [1.165, 1.54) is 7.11 Å². The normalized spacial score (nSPS) is 31.7. The van der Waals surface area contributed by atoms with Gasteiger partial charge < -0.3 is 34.6 Å². The van der Waals surface area contributed by atoms with E-state index in [1.54, 1.807) is 24.3 Å². The lowest BCUT2D eigenvalue weighted by Crippen LogP contribution is -2.60. The molecule has 0 amide bonds. The maximum Gasteiger partial charge on any atom is 0.335 e. The molecule has 8 heteroatoms. The maximum atomic E-state index is 11.0. The molecule has 0 saturated carbocycles. The van der Waals surface area contributed by atoms with Crippen LogP contribution < -0.4 is 4.74 Å². The third-order valence-electron chi connectivity index (χ3n) is 3.36. The van der Waals surface area contributed by atoms with E-state index in [9.17, 15) is 20.1 Å². The molecule has 5 atom stereocenters. The minimum absolute atomic E-state index is 0.00802. The number of carbonyl (C=O) groups is 1. The molecule has 8 nitrogen and oxygen atoms in total. The van der Waals surface area contributed by atoms with Crippen LogP contribution >= 0.6 is 0 Å². The third kappa shape index (κ3) is 3.54. The summed E-state index contributed by atoms with van der Waals surface area (Å²) in [5.41, 5.74) is 0.711. The van der Waals surface area contributed by atoms with Crippen LogP contribution in [0.25, 0.3) is 0 Å². The van der Waals surface area contributed by atoms with Crippen molar-refractivity contribution < 1.29 is 39.4 Å². The predicted octanol–water partition coefficient (Wildman–Crippen LogP) is -0.896. The van der Waals surface area contributed by atoms with Gasteiger partial charge in [0, 0.05) is 0 Å². The van der Waals surface area contributed by atoms with Gasteiger partial charge in [0.25, 0.3) is 0 Å². The van der Waals surface area contributed by atoms with E-state index in [0.29, 0.717) is 11.3 Å². The summed E-state index contributed by atoms with van der Waals surface area (Å²) in [7, 11) is 1.52. The highest BCUT2D eigenvalue weighted by Gasteiger charge is 2.47. The highest BCUT2D eigenvalue weighted by Crippen LogP contribution is 2.23. The van der Waals surface area contributed by atoms with Crippen LogP contribution in [0.1, 0.15) is 5.56 Å². The standard InChI is InChI=1S/C14H18O8/c1-20-8-4-2-3-7(5-8)6-21-14-11(17)9(15)10(16)12(22-14)13(18)19/h2-5,9-12,14-17H,6H2,1H3,(H,18,19)/t9-,10-,11+,12-,14+/m0/s1. The second-order valence-corrected chi connectivity index (χ2v) is 4.90. The van der Waals surface area contributed by atoms with Gasteiger partial charge in [0.05, 0.1) is 13.7 Å². The predicted molar refractivity (Wildman–Crippen MR) is 72.1 cm³/mol. The quantitative estimate of drug-likeness (QED) is 0.551. The largest absolute Gasteiger partial charge is 0.497 e. The van der Waals surface area contributed by atoms with Gasteiger partial charge >= 0.3 is 5.97 Å². The average Bonchev–Trinajstić information content (AvgIpc) is 2.52. The van der Waals surface area contributed by atoms with Crippen molar-refractivity contribution in [3.8, 4) is 5.75 Å². The number of ether oxygens (including phenoxy) is 3. The van der Waals surface area contributed by atoms with Crippen molar-refractivity contribution in [2.45, 2.75) is 37.3 Å². The highest BCUT2D eigenvalue weighted by atomic mass is 16.7. The molecule has 1 saturated heterocycles. The first-order chi connectivity index (χ1) is 10.4. The zero-order chi connectivity index (χ0) is 16.3. The molecule has 1 heterocycles.